The third kappa shape index (κ3) is 9.26. The zero-order valence-electron chi connectivity index (χ0n) is 18.0. The molecule has 0 saturated heterocycles. The molecular weight excluding hydrogens is 432 g/mol. The molecule has 0 aromatic carbocycles. The Morgan fingerprint density at radius 1 is 0.938 bits per heavy atom. The lowest BCUT2D eigenvalue weighted by molar-refractivity contribution is -0.149. The first-order valence-corrected chi connectivity index (χ1v) is 9.63. The number of carbonyl (C=O) groups excluding carboxylic acids is 3. The van der Waals surface area contributed by atoms with Crippen LogP contribution in [-0.4, -0.2) is 98.8 Å². The normalized spacial score (nSPS) is 14.6. The Kier molecular flexibility index (Phi) is 11.9. The Hall–Kier alpha value is -3.26. The second-order valence-corrected chi connectivity index (χ2v) is 7.41. The van der Waals surface area contributed by atoms with Gasteiger partial charge in [0.2, 0.25) is 17.7 Å². The molecular formula is C18H30N4O10. The molecule has 182 valence electrons. The number of nitrogens with two attached hydrogens (primary N) is 1. The van der Waals surface area contributed by atoms with Crippen molar-refractivity contribution in [3.8, 4) is 0 Å². The molecule has 0 fully saturated rings. The van der Waals surface area contributed by atoms with Crippen LogP contribution < -0.4 is 16.4 Å². The van der Waals surface area contributed by atoms with Gasteiger partial charge in [-0.05, 0) is 12.3 Å². The summed E-state index contributed by atoms with van der Waals surface area (Å²) >= 11 is 0. The number of amides is 3. The highest BCUT2D eigenvalue weighted by Crippen LogP contribution is 2.09. The maximum atomic E-state index is 12.7. The third-order valence-electron chi connectivity index (χ3n) is 4.52. The number of nitrogens with one attached hydrogen (secondary N) is 2. The highest BCUT2D eigenvalue weighted by molar-refractivity contribution is 5.95. The summed E-state index contributed by atoms with van der Waals surface area (Å²) in [5, 5.41) is 40.8. The molecule has 0 aromatic rings. The molecule has 0 unspecified atom stereocenters. The number of carboxylic acid groups (broad SMARTS) is 3. The average Bonchev–Trinajstić information content (AvgIpc) is 2.69. The number of aliphatic hydroxyl groups is 1. The van der Waals surface area contributed by atoms with E-state index in [1.54, 1.807) is 0 Å². The Morgan fingerprint density at radius 3 is 1.91 bits per heavy atom. The molecule has 0 aliphatic heterocycles. The molecule has 0 aliphatic carbocycles. The first kappa shape index (κ1) is 28.7. The highest BCUT2D eigenvalue weighted by atomic mass is 16.4. The van der Waals surface area contributed by atoms with Crippen LogP contribution in [0.5, 0.6) is 0 Å². The topological polar surface area (TPSA) is 237 Å². The maximum Gasteiger partial charge on any atom is 0.326 e. The van der Waals surface area contributed by atoms with Crippen LogP contribution >= 0.6 is 0 Å². The van der Waals surface area contributed by atoms with Gasteiger partial charge in [-0.2, -0.15) is 0 Å². The average molecular weight is 462 g/mol. The van der Waals surface area contributed by atoms with Crippen molar-refractivity contribution in [2.45, 2.75) is 57.3 Å². The molecule has 0 spiro atoms. The number of carboxylic acids is 3. The molecule has 8 N–H and O–H groups in total. The van der Waals surface area contributed by atoms with Gasteiger partial charge in [0.05, 0.1) is 19.1 Å². The lowest BCUT2D eigenvalue weighted by atomic mass is 10.0. The number of nitrogens with zero attached hydrogens (tertiary/aromatic N) is 1. The molecule has 0 aromatic heterocycles. The first-order valence-electron chi connectivity index (χ1n) is 9.63. The maximum absolute atomic E-state index is 12.7. The molecule has 32 heavy (non-hydrogen) atoms. The molecule has 14 nitrogen and oxygen atoms in total. The van der Waals surface area contributed by atoms with Crippen molar-refractivity contribution in [1.82, 2.24) is 15.5 Å². The SMILES string of the molecule is CC(C)[C@H](NC(=O)[C@H](CC(=O)O)N(C)C(=O)[C@H](CO)NC(=O)[C@@H](N)CCC(=O)O)C(=O)O. The summed E-state index contributed by atoms with van der Waals surface area (Å²) in [5.41, 5.74) is 5.55. The number of hydrogen-bond donors (Lipinski definition) is 7. The first-order chi connectivity index (χ1) is 14.7. The van der Waals surface area contributed by atoms with Gasteiger partial charge in [0.25, 0.3) is 0 Å². The Morgan fingerprint density at radius 2 is 1.50 bits per heavy atom. The lowest BCUT2D eigenvalue weighted by Crippen LogP contribution is -2.59. The fourth-order valence-electron chi connectivity index (χ4n) is 2.61. The van der Waals surface area contributed by atoms with Crippen LogP contribution in [0.25, 0.3) is 0 Å². The van der Waals surface area contributed by atoms with Crippen molar-refractivity contribution in [2.75, 3.05) is 13.7 Å². The van der Waals surface area contributed by atoms with Crippen LogP contribution in [0.1, 0.15) is 33.1 Å². The third-order valence-corrected chi connectivity index (χ3v) is 4.52. The summed E-state index contributed by atoms with van der Waals surface area (Å²) in [4.78, 5) is 71.1. The summed E-state index contributed by atoms with van der Waals surface area (Å²) in [6, 6.07) is -5.89. The summed E-state index contributed by atoms with van der Waals surface area (Å²) in [7, 11) is 1.06. The molecule has 4 atom stereocenters. The van der Waals surface area contributed by atoms with Gasteiger partial charge in [0, 0.05) is 13.5 Å². The van der Waals surface area contributed by atoms with Gasteiger partial charge < -0.3 is 41.7 Å². The Balaban J connectivity index is 5.49. The summed E-state index contributed by atoms with van der Waals surface area (Å²) in [5.74, 6) is -7.56. The zero-order chi connectivity index (χ0) is 25.2. The number of carbonyl (C=O) groups is 6. The minimum Gasteiger partial charge on any atom is -0.481 e. The van der Waals surface area contributed by atoms with E-state index in [1.807, 2.05) is 0 Å². The van der Waals surface area contributed by atoms with E-state index in [0.29, 0.717) is 4.90 Å². The lowest BCUT2D eigenvalue weighted by Gasteiger charge is -2.31. The van der Waals surface area contributed by atoms with E-state index in [1.165, 1.54) is 13.8 Å². The largest absolute Gasteiger partial charge is 0.481 e. The quantitative estimate of drug-likeness (QED) is 0.139. The van der Waals surface area contributed by atoms with Crippen LogP contribution in [0.3, 0.4) is 0 Å². The number of likely N-dealkylation sites (N-methyl/N-ethyl adjacent to an activating group) is 1. The van der Waals surface area contributed by atoms with E-state index in [-0.39, 0.29) is 6.42 Å². The van der Waals surface area contributed by atoms with Crippen LogP contribution in [0.2, 0.25) is 0 Å². The van der Waals surface area contributed by atoms with E-state index in [2.05, 4.69) is 10.6 Å². The number of hydrogen-bond acceptors (Lipinski definition) is 8. The number of aliphatic hydroxyl groups excluding tert-OH is 1. The second kappa shape index (κ2) is 13.2. The van der Waals surface area contributed by atoms with Gasteiger partial charge in [-0.15, -0.1) is 0 Å². The molecule has 0 radical (unpaired) electrons. The van der Waals surface area contributed by atoms with E-state index in [9.17, 15) is 39.0 Å². The minimum absolute atomic E-state index is 0.237. The van der Waals surface area contributed by atoms with Crippen molar-refractivity contribution in [3.05, 3.63) is 0 Å². The highest BCUT2D eigenvalue weighted by Gasteiger charge is 2.36. The van der Waals surface area contributed by atoms with Crippen LogP contribution in [0, 0.1) is 5.92 Å². The van der Waals surface area contributed by atoms with Gasteiger partial charge >= 0.3 is 17.9 Å². The predicted octanol–water partition coefficient (Wildman–Crippen LogP) is -2.82. The van der Waals surface area contributed by atoms with E-state index < -0.39 is 85.2 Å². The molecule has 0 rings (SSSR count). The Labute approximate surface area is 183 Å². The van der Waals surface area contributed by atoms with Crippen LogP contribution in [0.15, 0.2) is 0 Å². The molecule has 0 aliphatic rings. The van der Waals surface area contributed by atoms with Gasteiger partial charge in [-0.3, -0.25) is 24.0 Å². The summed E-state index contributed by atoms with van der Waals surface area (Å²) in [6.07, 6.45) is -1.52. The fourth-order valence-corrected chi connectivity index (χ4v) is 2.61. The monoisotopic (exact) mass is 462 g/mol. The van der Waals surface area contributed by atoms with E-state index in [4.69, 9.17) is 15.9 Å². The van der Waals surface area contributed by atoms with Crippen molar-refractivity contribution >= 4 is 35.6 Å². The predicted molar refractivity (Wildman–Crippen MR) is 107 cm³/mol. The number of aliphatic carboxylic acids is 3. The molecule has 0 saturated carbocycles. The fraction of sp³-hybridized carbons (Fsp3) is 0.667. The summed E-state index contributed by atoms with van der Waals surface area (Å²) in [6.45, 7) is 2.11. The van der Waals surface area contributed by atoms with Crippen molar-refractivity contribution in [3.63, 3.8) is 0 Å². The van der Waals surface area contributed by atoms with E-state index in [0.717, 1.165) is 7.05 Å². The van der Waals surface area contributed by atoms with E-state index >= 15 is 0 Å². The van der Waals surface area contributed by atoms with Gasteiger partial charge in [-0.25, -0.2) is 4.79 Å². The Bertz CT molecular complexity index is 727. The standard InChI is InChI=1S/C18H30N4O10/c1-8(2)14(18(31)32)21-16(29)11(6-13(26)27)22(3)17(30)10(7-23)20-15(28)9(19)4-5-12(24)25/h8-11,14,23H,4-7,19H2,1-3H3,(H,20,28)(H,21,29)(H,24,25)(H,26,27)(H,31,32)/t9-,10-,11-,14-/m0/s1. The molecule has 0 bridgehead atoms. The molecule has 0 heterocycles. The smallest absolute Gasteiger partial charge is 0.326 e. The van der Waals surface area contributed by atoms with Crippen molar-refractivity contribution in [1.29, 1.82) is 0 Å². The summed E-state index contributed by atoms with van der Waals surface area (Å²) < 4.78 is 0. The van der Waals surface area contributed by atoms with Crippen LogP contribution in [0.4, 0.5) is 0 Å². The van der Waals surface area contributed by atoms with Gasteiger partial charge in [-0.1, -0.05) is 13.8 Å². The molecule has 3 amide bonds. The van der Waals surface area contributed by atoms with Crippen LogP contribution in [-0.2, 0) is 28.8 Å². The minimum atomic E-state index is -1.65. The molecule has 14 heteroatoms. The number of rotatable bonds is 14. The van der Waals surface area contributed by atoms with Crippen molar-refractivity contribution in [2.24, 2.45) is 11.7 Å². The van der Waals surface area contributed by atoms with Gasteiger partial charge in [0.15, 0.2) is 0 Å². The second-order valence-electron chi connectivity index (χ2n) is 7.41. The van der Waals surface area contributed by atoms with Crippen molar-refractivity contribution < 1.29 is 49.2 Å². The zero-order valence-corrected chi connectivity index (χ0v) is 18.0. The van der Waals surface area contributed by atoms with Gasteiger partial charge in [0.1, 0.15) is 18.1 Å².